The lowest BCUT2D eigenvalue weighted by molar-refractivity contribution is 0.216. The van der Waals surface area contributed by atoms with E-state index in [0.29, 0.717) is 0 Å². The number of hydrogen-bond acceptors (Lipinski definition) is 1. The first kappa shape index (κ1) is 46.0. The molecule has 0 saturated heterocycles. The molecule has 0 saturated carbocycles. The highest BCUT2D eigenvalue weighted by Gasteiger charge is 1.69. The van der Waals surface area contributed by atoms with Crippen molar-refractivity contribution in [3.63, 3.8) is 0 Å². The molecular weight excluding hydrogens is 116 g/mol. The number of aliphatic hydroxyl groups excluding tert-OH is 1. The van der Waals surface area contributed by atoms with Crippen molar-refractivity contribution in [2.75, 3.05) is 0 Å². The molecule has 0 radical (unpaired) electrons. The molecule has 0 spiro atoms. The van der Waals surface area contributed by atoms with Crippen LogP contribution in [-0.4, -0.2) is 33.1 Å². The number of rotatable bonds is 0. The van der Waals surface area contributed by atoms with Crippen LogP contribution in [0.5, 0.6) is 0 Å². The Morgan fingerprint density at radius 1 is 0.875 bits per heavy atom. The van der Waals surface area contributed by atoms with Gasteiger partial charge in [0.2, 0.25) is 0 Å². The molecule has 0 aromatic carbocycles. The van der Waals surface area contributed by atoms with Gasteiger partial charge in [-0.05, 0) is 13.8 Å². The Morgan fingerprint density at radius 3 is 0.875 bits per heavy atom. The van der Waals surface area contributed by atoms with Crippen molar-refractivity contribution < 1.29 is 27.0 Å². The predicted molar refractivity (Wildman–Crippen MR) is 31.8 cm³/mol. The zero-order valence-electron chi connectivity index (χ0n) is 5.02. The highest BCUT2D eigenvalue weighted by molar-refractivity contribution is 4.20. The summed E-state index contributed by atoms with van der Waals surface area (Å²) in [6.45, 7) is 3.44. The molecule has 0 heterocycles. The highest BCUT2D eigenvalue weighted by atomic mass is 16.3. The van der Waals surface area contributed by atoms with Gasteiger partial charge in [-0.3, -0.25) is 0 Å². The average molecular weight is 132 g/mol. The minimum absolute atomic E-state index is 0. The van der Waals surface area contributed by atoms with Gasteiger partial charge < -0.3 is 27.0 Å². The summed E-state index contributed by atoms with van der Waals surface area (Å²) < 4.78 is 0. The van der Waals surface area contributed by atoms with E-state index in [0.717, 1.165) is 0 Å². The maximum absolute atomic E-state index is 8.06. The monoisotopic (exact) mass is 132 g/mol. The number of hydrogen-bond donors (Lipinski definition) is 1. The molecule has 0 aliphatic heterocycles. The summed E-state index contributed by atoms with van der Waals surface area (Å²) in [6.07, 6.45) is -0.167. The van der Waals surface area contributed by atoms with Crippen LogP contribution < -0.4 is 0 Å². The average Bonchev–Trinajstić information content (AvgIpc) is 0.811. The van der Waals surface area contributed by atoms with E-state index < -0.39 is 0 Å². The molecule has 0 amide bonds. The van der Waals surface area contributed by atoms with Crippen molar-refractivity contribution in [1.29, 1.82) is 0 Å². The molecule has 0 aromatic rings. The standard InChI is InChI=1S/C3H8O.4H2O/c1-3(2)4;;;;/h3-4H,1-2H3;4*1H2. The van der Waals surface area contributed by atoms with Crippen LogP contribution in [0, 0.1) is 0 Å². The summed E-state index contributed by atoms with van der Waals surface area (Å²) in [5.74, 6) is 0. The fraction of sp³-hybridized carbons (Fsp3) is 1.00. The molecule has 5 nitrogen and oxygen atoms in total. The number of aliphatic hydroxyl groups is 1. The molecule has 8 heavy (non-hydrogen) atoms. The van der Waals surface area contributed by atoms with Gasteiger partial charge in [0, 0.05) is 6.10 Å². The minimum atomic E-state index is -0.167. The van der Waals surface area contributed by atoms with E-state index in [1.165, 1.54) is 0 Å². The van der Waals surface area contributed by atoms with Gasteiger partial charge in [-0.1, -0.05) is 0 Å². The molecule has 0 rings (SSSR count). The van der Waals surface area contributed by atoms with Crippen LogP contribution in [0.1, 0.15) is 13.8 Å². The predicted octanol–water partition coefficient (Wildman–Crippen LogP) is -2.91. The van der Waals surface area contributed by atoms with E-state index in [1.807, 2.05) is 0 Å². The summed E-state index contributed by atoms with van der Waals surface area (Å²) in [6, 6.07) is 0. The summed E-state index contributed by atoms with van der Waals surface area (Å²) in [5, 5.41) is 8.06. The summed E-state index contributed by atoms with van der Waals surface area (Å²) in [5.41, 5.74) is 0. The lowest BCUT2D eigenvalue weighted by atomic mass is 10.5. The quantitative estimate of drug-likeness (QED) is 0.369. The Kier molecular flexibility index (Phi) is 168. The van der Waals surface area contributed by atoms with Crippen LogP contribution in [0.25, 0.3) is 0 Å². The maximum atomic E-state index is 8.06. The van der Waals surface area contributed by atoms with Gasteiger partial charge in [0.05, 0.1) is 0 Å². The van der Waals surface area contributed by atoms with Crippen molar-refractivity contribution in [1.82, 2.24) is 0 Å². The molecule has 0 atom stereocenters. The molecule has 0 bridgehead atoms. The first-order valence-corrected chi connectivity index (χ1v) is 1.41. The van der Waals surface area contributed by atoms with E-state index in [1.54, 1.807) is 13.8 Å². The lowest BCUT2D eigenvalue weighted by Crippen LogP contribution is -1.85. The SMILES string of the molecule is CC(C)O.O.O.O.O. The topological polar surface area (TPSA) is 146 Å². The fourth-order valence-corrected chi connectivity index (χ4v) is 0. The Bertz CT molecular complexity index is 12.4. The van der Waals surface area contributed by atoms with Crippen molar-refractivity contribution in [3.05, 3.63) is 0 Å². The summed E-state index contributed by atoms with van der Waals surface area (Å²) >= 11 is 0. The van der Waals surface area contributed by atoms with Gasteiger partial charge >= 0.3 is 0 Å². The Labute approximate surface area is 48.2 Å². The van der Waals surface area contributed by atoms with Crippen LogP contribution in [0.3, 0.4) is 0 Å². The molecule has 0 aliphatic rings. The third-order valence-electron chi connectivity index (χ3n) is 0. The van der Waals surface area contributed by atoms with Gasteiger partial charge in [-0.25, -0.2) is 0 Å². The van der Waals surface area contributed by atoms with Gasteiger partial charge in [0.25, 0.3) is 0 Å². The van der Waals surface area contributed by atoms with Crippen LogP contribution in [-0.2, 0) is 0 Å². The molecule has 5 heteroatoms. The normalized spacial score (nSPS) is 4.50. The second kappa shape index (κ2) is 29.2. The first-order valence-electron chi connectivity index (χ1n) is 1.41. The third kappa shape index (κ3) is 3340. The highest BCUT2D eigenvalue weighted by Crippen LogP contribution is 1.65. The van der Waals surface area contributed by atoms with E-state index in [9.17, 15) is 0 Å². The molecule has 0 fully saturated rings. The van der Waals surface area contributed by atoms with Crippen LogP contribution >= 0.6 is 0 Å². The molecule has 0 aliphatic carbocycles. The molecule has 58 valence electrons. The zero-order valence-corrected chi connectivity index (χ0v) is 5.02. The third-order valence-corrected chi connectivity index (χ3v) is 0. The zero-order chi connectivity index (χ0) is 3.58. The first-order chi connectivity index (χ1) is 1.73. The fourth-order valence-electron chi connectivity index (χ4n) is 0. The molecule has 9 N–H and O–H groups in total. The van der Waals surface area contributed by atoms with Crippen molar-refractivity contribution >= 4 is 0 Å². The Hall–Kier alpha value is -0.200. The summed E-state index contributed by atoms with van der Waals surface area (Å²) in [7, 11) is 0. The maximum Gasteiger partial charge on any atom is 0.0483 e. The van der Waals surface area contributed by atoms with E-state index in [2.05, 4.69) is 0 Å². The van der Waals surface area contributed by atoms with Gasteiger partial charge in [0.1, 0.15) is 0 Å². The van der Waals surface area contributed by atoms with Gasteiger partial charge in [-0.2, -0.15) is 0 Å². The van der Waals surface area contributed by atoms with E-state index in [-0.39, 0.29) is 28.0 Å². The second-order valence-corrected chi connectivity index (χ2v) is 1.09. The van der Waals surface area contributed by atoms with E-state index in [4.69, 9.17) is 5.11 Å². The van der Waals surface area contributed by atoms with Crippen LogP contribution in [0.15, 0.2) is 0 Å². The smallest absolute Gasteiger partial charge is 0.0483 e. The van der Waals surface area contributed by atoms with Gasteiger partial charge in [-0.15, -0.1) is 0 Å². The molecule has 0 aromatic heterocycles. The molecule has 0 unspecified atom stereocenters. The van der Waals surface area contributed by atoms with Crippen molar-refractivity contribution in [2.24, 2.45) is 0 Å². The van der Waals surface area contributed by atoms with E-state index >= 15 is 0 Å². The van der Waals surface area contributed by atoms with Crippen molar-refractivity contribution in [3.8, 4) is 0 Å². The Morgan fingerprint density at radius 2 is 0.875 bits per heavy atom. The minimum Gasteiger partial charge on any atom is -0.412 e. The molecular formula is C3H16O5. The summed E-state index contributed by atoms with van der Waals surface area (Å²) in [4.78, 5) is 0. The second-order valence-electron chi connectivity index (χ2n) is 1.09. The largest absolute Gasteiger partial charge is 0.412 e. The Balaban J connectivity index is -0.00000000750. The van der Waals surface area contributed by atoms with Crippen LogP contribution in [0.2, 0.25) is 0 Å². The van der Waals surface area contributed by atoms with Gasteiger partial charge in [0.15, 0.2) is 0 Å². The lowest BCUT2D eigenvalue weighted by Gasteiger charge is -1.80. The van der Waals surface area contributed by atoms with Crippen LogP contribution in [0.4, 0.5) is 0 Å². The van der Waals surface area contributed by atoms with Crippen molar-refractivity contribution in [2.45, 2.75) is 20.0 Å².